The third kappa shape index (κ3) is 4.41. The highest BCUT2D eigenvalue weighted by Gasteiger charge is 2.25. The van der Waals surface area contributed by atoms with Crippen molar-refractivity contribution in [2.24, 2.45) is 14.1 Å². The van der Waals surface area contributed by atoms with Crippen LogP contribution in [0, 0.1) is 6.92 Å². The molecule has 1 atom stereocenters. The molecule has 2 aromatic heterocycles. The molecular formula is C26H30N4O. The Labute approximate surface area is 183 Å². The summed E-state index contributed by atoms with van der Waals surface area (Å²) in [6, 6.07) is 22.9. The minimum absolute atomic E-state index is 0.0190. The minimum Gasteiger partial charge on any atom is -0.346 e. The maximum atomic E-state index is 13.5. The van der Waals surface area contributed by atoms with E-state index in [-0.39, 0.29) is 11.9 Å². The van der Waals surface area contributed by atoms with Gasteiger partial charge in [-0.15, -0.1) is 0 Å². The first-order valence-electron chi connectivity index (χ1n) is 10.8. The number of fused-ring (bicyclic) bond motifs is 1. The average molecular weight is 415 g/mol. The first-order chi connectivity index (χ1) is 14.9. The van der Waals surface area contributed by atoms with Crippen molar-refractivity contribution in [3.63, 3.8) is 0 Å². The zero-order chi connectivity index (χ0) is 22.0. The Bertz CT molecular complexity index is 1170. The third-order valence-corrected chi connectivity index (χ3v) is 6.20. The molecule has 31 heavy (non-hydrogen) atoms. The number of aromatic nitrogens is 3. The van der Waals surface area contributed by atoms with Gasteiger partial charge in [0, 0.05) is 37.0 Å². The lowest BCUT2D eigenvalue weighted by Crippen LogP contribution is -2.39. The second-order valence-corrected chi connectivity index (χ2v) is 8.35. The zero-order valence-electron chi connectivity index (χ0n) is 18.7. The topological polar surface area (TPSA) is 43.1 Å². The van der Waals surface area contributed by atoms with Crippen LogP contribution in [0.1, 0.15) is 40.8 Å². The number of para-hydroxylation sites is 1. The van der Waals surface area contributed by atoms with E-state index in [1.165, 1.54) is 16.5 Å². The number of carbonyl (C=O) groups excluding carboxylic acids is 1. The van der Waals surface area contributed by atoms with Crippen molar-refractivity contribution in [1.29, 1.82) is 0 Å². The van der Waals surface area contributed by atoms with Gasteiger partial charge in [-0.2, -0.15) is 5.10 Å². The molecule has 0 aliphatic rings. The van der Waals surface area contributed by atoms with Gasteiger partial charge in [0.1, 0.15) is 0 Å². The Balaban J connectivity index is 1.62. The Morgan fingerprint density at radius 2 is 1.74 bits per heavy atom. The number of hydrogen-bond donors (Lipinski definition) is 0. The summed E-state index contributed by atoms with van der Waals surface area (Å²) >= 11 is 0. The van der Waals surface area contributed by atoms with E-state index < -0.39 is 0 Å². The Morgan fingerprint density at radius 3 is 2.42 bits per heavy atom. The summed E-state index contributed by atoms with van der Waals surface area (Å²) in [6.07, 6.45) is 1.83. The molecule has 0 spiro atoms. The highest BCUT2D eigenvalue weighted by Crippen LogP contribution is 2.22. The van der Waals surface area contributed by atoms with E-state index in [0.717, 1.165) is 24.2 Å². The zero-order valence-corrected chi connectivity index (χ0v) is 18.7. The molecule has 2 aromatic carbocycles. The monoisotopic (exact) mass is 414 g/mol. The van der Waals surface area contributed by atoms with Gasteiger partial charge in [0.15, 0.2) is 5.69 Å². The summed E-state index contributed by atoms with van der Waals surface area (Å²) in [6.45, 7) is 4.66. The van der Waals surface area contributed by atoms with Crippen molar-refractivity contribution in [2.45, 2.75) is 39.3 Å². The predicted octanol–water partition coefficient (Wildman–Crippen LogP) is 4.88. The maximum Gasteiger partial charge on any atom is 0.274 e. The quantitative estimate of drug-likeness (QED) is 0.432. The van der Waals surface area contributed by atoms with Crippen LogP contribution < -0.4 is 0 Å². The fourth-order valence-corrected chi connectivity index (χ4v) is 4.09. The normalized spacial score (nSPS) is 12.3. The number of benzene rings is 2. The smallest absolute Gasteiger partial charge is 0.274 e. The van der Waals surface area contributed by atoms with Crippen molar-refractivity contribution < 1.29 is 4.79 Å². The molecule has 2 heterocycles. The van der Waals surface area contributed by atoms with Crippen molar-refractivity contribution >= 4 is 16.8 Å². The summed E-state index contributed by atoms with van der Waals surface area (Å²) in [5.74, 6) is -0.0190. The molecule has 0 saturated heterocycles. The number of carbonyl (C=O) groups is 1. The van der Waals surface area contributed by atoms with Crippen LogP contribution >= 0.6 is 0 Å². The standard InChI is InChI=1S/C26H30N4O/c1-19(14-15-21-10-6-5-7-11-21)30(26(31)24-16-20(2)29(4)27-24)18-23-17-22-12-8-9-13-25(22)28(23)3/h5-13,16-17,19H,14-15,18H2,1-4H3. The summed E-state index contributed by atoms with van der Waals surface area (Å²) in [5, 5.41) is 5.65. The van der Waals surface area contributed by atoms with Crippen molar-refractivity contribution in [2.75, 3.05) is 0 Å². The molecule has 0 fully saturated rings. The lowest BCUT2D eigenvalue weighted by Gasteiger charge is -2.29. The van der Waals surface area contributed by atoms with Crippen LogP contribution in [0.5, 0.6) is 0 Å². The van der Waals surface area contributed by atoms with E-state index in [4.69, 9.17) is 0 Å². The molecule has 0 N–H and O–H groups in total. The van der Waals surface area contributed by atoms with Crippen LogP contribution in [-0.4, -0.2) is 31.2 Å². The molecule has 1 amide bonds. The van der Waals surface area contributed by atoms with Gasteiger partial charge in [-0.25, -0.2) is 0 Å². The number of amides is 1. The van der Waals surface area contributed by atoms with Crippen molar-refractivity contribution in [3.8, 4) is 0 Å². The molecule has 0 aliphatic carbocycles. The summed E-state index contributed by atoms with van der Waals surface area (Å²) in [5.41, 5.74) is 5.07. The largest absolute Gasteiger partial charge is 0.346 e. The number of hydrogen-bond acceptors (Lipinski definition) is 2. The van der Waals surface area contributed by atoms with E-state index in [9.17, 15) is 4.79 Å². The van der Waals surface area contributed by atoms with Gasteiger partial charge >= 0.3 is 0 Å². The van der Waals surface area contributed by atoms with Gasteiger partial charge in [0.05, 0.1) is 6.54 Å². The first kappa shape index (κ1) is 20.9. The fourth-order valence-electron chi connectivity index (χ4n) is 4.09. The third-order valence-electron chi connectivity index (χ3n) is 6.20. The fraction of sp³-hybridized carbons (Fsp3) is 0.308. The van der Waals surface area contributed by atoms with Gasteiger partial charge in [0.25, 0.3) is 5.91 Å². The van der Waals surface area contributed by atoms with Crippen LogP contribution in [0.15, 0.2) is 66.7 Å². The molecule has 0 saturated carbocycles. The van der Waals surface area contributed by atoms with E-state index in [1.54, 1.807) is 4.68 Å². The second-order valence-electron chi connectivity index (χ2n) is 8.35. The van der Waals surface area contributed by atoms with Gasteiger partial charge in [0.2, 0.25) is 0 Å². The molecule has 0 radical (unpaired) electrons. The molecule has 5 nitrogen and oxygen atoms in total. The summed E-state index contributed by atoms with van der Waals surface area (Å²) < 4.78 is 3.94. The summed E-state index contributed by atoms with van der Waals surface area (Å²) in [4.78, 5) is 15.5. The molecule has 4 rings (SSSR count). The van der Waals surface area contributed by atoms with E-state index >= 15 is 0 Å². The lowest BCUT2D eigenvalue weighted by atomic mass is 10.0. The van der Waals surface area contributed by atoms with Crippen LogP contribution in [0.2, 0.25) is 0 Å². The number of nitrogens with zero attached hydrogens (tertiary/aromatic N) is 4. The van der Waals surface area contributed by atoms with Crippen LogP contribution in [0.25, 0.3) is 10.9 Å². The van der Waals surface area contributed by atoms with E-state index in [2.05, 4.69) is 66.1 Å². The molecule has 0 bridgehead atoms. The Morgan fingerprint density at radius 1 is 1.03 bits per heavy atom. The highest BCUT2D eigenvalue weighted by atomic mass is 16.2. The van der Waals surface area contributed by atoms with Crippen LogP contribution in [0.4, 0.5) is 0 Å². The Kier molecular flexibility index (Phi) is 5.94. The molecule has 160 valence electrons. The van der Waals surface area contributed by atoms with Crippen molar-refractivity contribution in [1.82, 2.24) is 19.2 Å². The second kappa shape index (κ2) is 8.80. The van der Waals surface area contributed by atoms with E-state index in [0.29, 0.717) is 12.2 Å². The SMILES string of the molecule is Cc1cc(C(=O)N(Cc2cc3ccccc3n2C)C(C)CCc2ccccc2)nn1C. The lowest BCUT2D eigenvalue weighted by molar-refractivity contribution is 0.0656. The molecular weight excluding hydrogens is 384 g/mol. The first-order valence-corrected chi connectivity index (χ1v) is 10.8. The van der Waals surface area contributed by atoms with Gasteiger partial charge in [-0.05, 0) is 55.8 Å². The van der Waals surface area contributed by atoms with Gasteiger partial charge in [-0.1, -0.05) is 48.5 Å². The van der Waals surface area contributed by atoms with Crippen LogP contribution in [-0.2, 0) is 27.1 Å². The molecule has 1 unspecified atom stereocenters. The predicted molar refractivity (Wildman–Crippen MR) is 125 cm³/mol. The maximum absolute atomic E-state index is 13.5. The molecule has 4 aromatic rings. The van der Waals surface area contributed by atoms with E-state index in [1.807, 2.05) is 43.1 Å². The summed E-state index contributed by atoms with van der Waals surface area (Å²) in [7, 11) is 3.94. The van der Waals surface area contributed by atoms with Gasteiger partial charge in [-0.3, -0.25) is 9.48 Å². The molecule has 5 heteroatoms. The van der Waals surface area contributed by atoms with Gasteiger partial charge < -0.3 is 9.47 Å². The van der Waals surface area contributed by atoms with Crippen LogP contribution in [0.3, 0.4) is 0 Å². The minimum atomic E-state index is -0.0190. The number of aryl methyl sites for hydroxylation is 4. The van der Waals surface area contributed by atoms with Crippen molar-refractivity contribution in [3.05, 3.63) is 89.4 Å². The molecule has 0 aliphatic heterocycles. The number of rotatable bonds is 7. The Hall–Kier alpha value is -3.34. The highest BCUT2D eigenvalue weighted by molar-refractivity contribution is 5.92. The average Bonchev–Trinajstić information content (AvgIpc) is 3.29.